The number of rotatable bonds is 3. The van der Waals surface area contributed by atoms with Crippen molar-refractivity contribution in [2.75, 3.05) is 45.2 Å². The maximum Gasteiger partial charge on any atom is 0.573 e. The Hall–Kier alpha value is -3.27. The van der Waals surface area contributed by atoms with Crippen molar-refractivity contribution >= 4 is 17.4 Å². The number of likely N-dealkylation sites (N-methyl/N-ethyl adjacent to an activating group) is 1. The number of hydrazone groups is 1. The second kappa shape index (κ2) is 9.54. The zero-order valence-corrected chi connectivity index (χ0v) is 19.4. The van der Waals surface area contributed by atoms with Gasteiger partial charge in [0.2, 0.25) is 0 Å². The number of piperazine rings is 1. The highest BCUT2D eigenvalue weighted by Gasteiger charge is 2.32. The molecular formula is C24H28F3N5O2. The number of urea groups is 1. The maximum absolute atomic E-state index is 12.9. The van der Waals surface area contributed by atoms with E-state index in [0.717, 1.165) is 37.4 Å². The lowest BCUT2D eigenvalue weighted by molar-refractivity contribution is -0.274. The van der Waals surface area contributed by atoms with E-state index in [9.17, 15) is 18.0 Å². The number of alkyl halides is 3. The standard InChI is InChI=1S/C24H28F3N5O2/c1-16-14-18-6-9-20(34-24(25,26)27)15-21(18)22(29-32(16)23(33)28-2)17-4-7-19(8-5-17)31-12-10-30(3)11-13-31/h4-9,15-16H,10-14H2,1-3H3,(H,28,33)/t16-/m0/s1. The molecule has 0 unspecified atom stereocenters. The molecule has 34 heavy (non-hydrogen) atoms. The summed E-state index contributed by atoms with van der Waals surface area (Å²) in [5.74, 6) is -0.325. The average Bonchev–Trinajstić information content (AvgIpc) is 2.94. The first-order chi connectivity index (χ1) is 16.1. The van der Waals surface area contributed by atoms with E-state index in [2.05, 4.69) is 32.0 Å². The van der Waals surface area contributed by atoms with E-state index in [-0.39, 0.29) is 11.8 Å². The van der Waals surface area contributed by atoms with Gasteiger partial charge in [-0.1, -0.05) is 18.2 Å². The molecule has 0 spiro atoms. The molecule has 0 saturated carbocycles. The number of nitrogens with one attached hydrogen (secondary N) is 1. The number of nitrogens with zero attached hydrogens (tertiary/aromatic N) is 4. The topological polar surface area (TPSA) is 60.4 Å². The highest BCUT2D eigenvalue weighted by Crippen LogP contribution is 2.30. The second-order valence-corrected chi connectivity index (χ2v) is 8.61. The summed E-state index contributed by atoms with van der Waals surface area (Å²) in [5, 5.41) is 8.54. The molecule has 2 heterocycles. The van der Waals surface area contributed by atoms with Gasteiger partial charge in [0.25, 0.3) is 0 Å². The lowest BCUT2D eigenvalue weighted by Crippen LogP contribution is -2.44. The molecular weight excluding hydrogens is 447 g/mol. The minimum atomic E-state index is -4.80. The largest absolute Gasteiger partial charge is 0.573 e. The molecule has 0 aliphatic carbocycles. The van der Waals surface area contributed by atoms with Crippen LogP contribution in [-0.2, 0) is 6.42 Å². The molecule has 2 aromatic rings. The van der Waals surface area contributed by atoms with Gasteiger partial charge >= 0.3 is 12.4 Å². The number of fused-ring (bicyclic) bond motifs is 1. The van der Waals surface area contributed by atoms with Crippen LogP contribution in [0, 0.1) is 0 Å². The summed E-state index contributed by atoms with van der Waals surface area (Å²) in [6, 6.07) is 11.3. The normalized spacial score (nSPS) is 19.2. The molecule has 0 radical (unpaired) electrons. The quantitative estimate of drug-likeness (QED) is 0.736. The van der Waals surface area contributed by atoms with Gasteiger partial charge < -0.3 is 19.9 Å². The van der Waals surface area contributed by atoms with Crippen LogP contribution in [0.1, 0.15) is 23.6 Å². The van der Waals surface area contributed by atoms with Gasteiger partial charge in [-0.25, -0.2) is 9.80 Å². The highest BCUT2D eigenvalue weighted by molar-refractivity contribution is 6.14. The van der Waals surface area contributed by atoms with Gasteiger partial charge in [0, 0.05) is 50.0 Å². The Kier molecular flexibility index (Phi) is 6.70. The zero-order valence-electron chi connectivity index (χ0n) is 19.4. The van der Waals surface area contributed by atoms with Gasteiger partial charge in [-0.05, 0) is 50.2 Å². The molecule has 7 nitrogen and oxygen atoms in total. The Morgan fingerprint density at radius 1 is 1.09 bits per heavy atom. The van der Waals surface area contributed by atoms with E-state index in [1.54, 1.807) is 6.07 Å². The third-order valence-corrected chi connectivity index (χ3v) is 6.14. The molecule has 0 bridgehead atoms. The first-order valence-corrected chi connectivity index (χ1v) is 11.2. The Balaban J connectivity index is 1.74. The van der Waals surface area contributed by atoms with Crippen molar-refractivity contribution in [2.24, 2.45) is 5.10 Å². The number of carbonyl (C=O) groups is 1. The number of halogens is 3. The Bertz CT molecular complexity index is 1060. The molecule has 1 fully saturated rings. The van der Waals surface area contributed by atoms with Crippen LogP contribution < -0.4 is 15.0 Å². The molecule has 10 heteroatoms. The van der Waals surface area contributed by atoms with Crippen LogP contribution in [-0.4, -0.2) is 74.3 Å². The number of hydrogen-bond donors (Lipinski definition) is 1. The van der Waals surface area contributed by atoms with Gasteiger partial charge in [-0.3, -0.25) is 0 Å². The monoisotopic (exact) mass is 475 g/mol. The van der Waals surface area contributed by atoms with Crippen molar-refractivity contribution in [1.29, 1.82) is 0 Å². The van der Waals surface area contributed by atoms with Crippen LogP contribution in [0.5, 0.6) is 5.75 Å². The third-order valence-electron chi connectivity index (χ3n) is 6.14. The molecule has 1 atom stereocenters. The minimum absolute atomic E-state index is 0.296. The summed E-state index contributed by atoms with van der Waals surface area (Å²) in [4.78, 5) is 17.1. The van der Waals surface area contributed by atoms with Crippen LogP contribution in [0.2, 0.25) is 0 Å². The first-order valence-electron chi connectivity index (χ1n) is 11.2. The van der Waals surface area contributed by atoms with Crippen molar-refractivity contribution in [1.82, 2.24) is 15.2 Å². The Morgan fingerprint density at radius 2 is 1.76 bits per heavy atom. The van der Waals surface area contributed by atoms with Gasteiger partial charge in [0.05, 0.1) is 11.8 Å². The number of anilines is 1. The van der Waals surface area contributed by atoms with Crippen LogP contribution in [0.4, 0.5) is 23.7 Å². The van der Waals surface area contributed by atoms with E-state index in [1.165, 1.54) is 24.2 Å². The lowest BCUT2D eigenvalue weighted by atomic mass is 9.94. The fourth-order valence-electron chi connectivity index (χ4n) is 4.28. The fourth-order valence-corrected chi connectivity index (χ4v) is 4.28. The number of hydrogen-bond acceptors (Lipinski definition) is 5. The van der Waals surface area contributed by atoms with Crippen molar-refractivity contribution < 1.29 is 22.7 Å². The van der Waals surface area contributed by atoms with E-state index >= 15 is 0 Å². The van der Waals surface area contributed by atoms with Gasteiger partial charge in [0.1, 0.15) is 5.75 Å². The highest BCUT2D eigenvalue weighted by atomic mass is 19.4. The molecule has 2 aliphatic rings. The third kappa shape index (κ3) is 5.27. The summed E-state index contributed by atoms with van der Waals surface area (Å²) < 4.78 is 42.8. The second-order valence-electron chi connectivity index (χ2n) is 8.61. The van der Waals surface area contributed by atoms with Crippen molar-refractivity contribution in [3.8, 4) is 5.75 Å². The summed E-state index contributed by atoms with van der Waals surface area (Å²) in [7, 11) is 3.61. The van der Waals surface area contributed by atoms with Crippen LogP contribution in [0.3, 0.4) is 0 Å². The van der Waals surface area contributed by atoms with Crippen molar-refractivity contribution in [3.05, 3.63) is 59.2 Å². The number of benzene rings is 2. The number of carbonyl (C=O) groups excluding carboxylic acids is 1. The van der Waals surface area contributed by atoms with Gasteiger partial charge in [0.15, 0.2) is 0 Å². The predicted molar refractivity (Wildman–Crippen MR) is 124 cm³/mol. The maximum atomic E-state index is 12.9. The van der Waals surface area contributed by atoms with Crippen molar-refractivity contribution in [2.45, 2.75) is 25.7 Å². The smallest absolute Gasteiger partial charge is 0.406 e. The lowest BCUT2D eigenvalue weighted by Gasteiger charge is -2.34. The molecule has 1 saturated heterocycles. The predicted octanol–water partition coefficient (Wildman–Crippen LogP) is 3.68. The molecule has 2 amide bonds. The first kappa shape index (κ1) is 23.9. The minimum Gasteiger partial charge on any atom is -0.406 e. The van der Waals surface area contributed by atoms with Crippen LogP contribution >= 0.6 is 0 Å². The van der Waals surface area contributed by atoms with E-state index in [4.69, 9.17) is 0 Å². The number of ether oxygens (including phenoxy) is 1. The van der Waals surface area contributed by atoms with Crippen LogP contribution in [0.25, 0.3) is 0 Å². The molecule has 1 N–H and O–H groups in total. The molecule has 4 rings (SSSR count). The zero-order chi connectivity index (χ0) is 24.5. The van der Waals surface area contributed by atoms with E-state index in [1.807, 2.05) is 31.2 Å². The molecule has 2 aromatic carbocycles. The Labute approximate surface area is 196 Å². The number of amides is 2. The Morgan fingerprint density at radius 3 is 2.38 bits per heavy atom. The summed E-state index contributed by atoms with van der Waals surface area (Å²) in [5.41, 5.74) is 3.48. The summed E-state index contributed by atoms with van der Waals surface area (Å²) in [6.07, 6.45) is -4.37. The van der Waals surface area contributed by atoms with Gasteiger partial charge in [-0.2, -0.15) is 5.10 Å². The van der Waals surface area contributed by atoms with Gasteiger partial charge in [-0.15, -0.1) is 13.2 Å². The fraction of sp³-hybridized carbons (Fsp3) is 0.417. The van der Waals surface area contributed by atoms with E-state index < -0.39 is 12.4 Å². The van der Waals surface area contributed by atoms with E-state index in [0.29, 0.717) is 23.3 Å². The van der Waals surface area contributed by atoms with Crippen LogP contribution in [0.15, 0.2) is 47.6 Å². The summed E-state index contributed by atoms with van der Waals surface area (Å²) >= 11 is 0. The molecule has 2 aliphatic heterocycles. The average molecular weight is 476 g/mol. The molecule has 0 aromatic heterocycles. The van der Waals surface area contributed by atoms with Crippen molar-refractivity contribution in [3.63, 3.8) is 0 Å². The molecule has 182 valence electrons. The summed E-state index contributed by atoms with van der Waals surface area (Å²) in [6.45, 7) is 5.63. The SMILES string of the molecule is CNC(=O)N1N=C(c2ccc(N3CCN(C)CC3)cc2)c2cc(OC(F)(F)F)ccc2C[C@@H]1C.